The number of esters is 1. The fraction of sp³-hybridized carbons (Fsp3) is 0.300. The lowest BCUT2D eigenvalue weighted by Gasteiger charge is -2.09. The number of nitrogens with zero attached hydrogens (tertiary/aromatic N) is 2. The predicted molar refractivity (Wildman–Crippen MR) is 57.6 cm³/mol. The van der Waals surface area contributed by atoms with Gasteiger partial charge in [-0.1, -0.05) is 0 Å². The Balaban J connectivity index is 3.39. The Bertz CT molecular complexity index is 486. The second-order valence-corrected chi connectivity index (χ2v) is 3.68. The van der Waals surface area contributed by atoms with Gasteiger partial charge in [-0.25, -0.2) is 18.6 Å². The highest BCUT2D eigenvalue weighted by molar-refractivity contribution is 9.10. The number of carbonyl (C=O) groups is 1. The summed E-state index contributed by atoms with van der Waals surface area (Å²) in [6.45, 7) is 1.65. The van der Waals surface area contributed by atoms with Crippen LogP contribution in [0.5, 0.6) is 0 Å². The summed E-state index contributed by atoms with van der Waals surface area (Å²) in [5.74, 6) is -0.856. The van der Waals surface area contributed by atoms with E-state index in [-0.39, 0.29) is 22.3 Å². The molecule has 0 fully saturated rings. The normalized spacial score (nSPS) is 10.1. The first kappa shape index (κ1) is 13.5. The van der Waals surface area contributed by atoms with E-state index in [0.717, 1.165) is 6.20 Å². The van der Waals surface area contributed by atoms with Crippen LogP contribution in [0, 0.1) is 11.3 Å². The van der Waals surface area contributed by atoms with E-state index >= 15 is 0 Å². The lowest BCUT2D eigenvalue weighted by Crippen LogP contribution is -2.11. The van der Waals surface area contributed by atoms with Crippen molar-refractivity contribution in [1.29, 1.82) is 5.26 Å². The van der Waals surface area contributed by atoms with E-state index in [0.29, 0.717) is 0 Å². The molecule has 0 saturated heterocycles. The molecule has 0 radical (unpaired) electrons. The zero-order valence-corrected chi connectivity index (χ0v) is 10.3. The summed E-state index contributed by atoms with van der Waals surface area (Å²) in [5, 5.41) is 8.76. The van der Waals surface area contributed by atoms with Gasteiger partial charge in [0.1, 0.15) is 11.6 Å². The fourth-order valence-corrected chi connectivity index (χ4v) is 1.76. The van der Waals surface area contributed by atoms with Crippen molar-refractivity contribution in [3.05, 3.63) is 27.5 Å². The van der Waals surface area contributed by atoms with Gasteiger partial charge in [-0.15, -0.1) is 0 Å². The molecule has 1 rings (SSSR count). The maximum Gasteiger partial charge on any atom is 0.342 e. The SMILES string of the molecule is CCOC(=O)c1c(C#N)ncc(C(F)F)c1Br. The Morgan fingerprint density at radius 1 is 1.71 bits per heavy atom. The number of aromatic nitrogens is 1. The first-order valence-corrected chi connectivity index (χ1v) is 5.36. The summed E-state index contributed by atoms with van der Waals surface area (Å²) in [5.41, 5.74) is -0.973. The molecule has 0 N–H and O–H groups in total. The first-order valence-electron chi connectivity index (χ1n) is 4.56. The number of hydrogen-bond donors (Lipinski definition) is 0. The van der Waals surface area contributed by atoms with Gasteiger partial charge >= 0.3 is 5.97 Å². The summed E-state index contributed by atoms with van der Waals surface area (Å²) in [6.07, 6.45) is -1.94. The lowest BCUT2D eigenvalue weighted by molar-refractivity contribution is 0.0523. The van der Waals surface area contributed by atoms with Crippen LogP contribution in [0.2, 0.25) is 0 Å². The lowest BCUT2D eigenvalue weighted by atomic mass is 10.1. The van der Waals surface area contributed by atoms with Crippen LogP contribution < -0.4 is 0 Å². The number of carbonyl (C=O) groups excluding carboxylic acids is 1. The fourth-order valence-electron chi connectivity index (χ4n) is 1.13. The molecular weight excluding hydrogens is 298 g/mol. The molecule has 0 aromatic carbocycles. The Hall–Kier alpha value is -1.55. The first-order chi connectivity index (χ1) is 8.02. The molecule has 7 heteroatoms. The van der Waals surface area contributed by atoms with Crippen LogP contribution in [0.1, 0.15) is 35.0 Å². The summed E-state index contributed by atoms with van der Waals surface area (Å²) in [7, 11) is 0. The van der Waals surface area contributed by atoms with Crippen LogP contribution in [-0.4, -0.2) is 17.6 Å². The van der Waals surface area contributed by atoms with Gasteiger partial charge in [0.25, 0.3) is 6.43 Å². The van der Waals surface area contributed by atoms with Gasteiger partial charge in [-0.3, -0.25) is 0 Å². The van der Waals surface area contributed by atoms with Gasteiger partial charge in [-0.2, -0.15) is 5.26 Å². The largest absolute Gasteiger partial charge is 0.462 e. The van der Waals surface area contributed by atoms with Gasteiger partial charge in [0.2, 0.25) is 0 Å². The Kier molecular flexibility index (Phi) is 4.52. The topological polar surface area (TPSA) is 63.0 Å². The van der Waals surface area contributed by atoms with Crippen LogP contribution in [0.3, 0.4) is 0 Å². The highest BCUT2D eigenvalue weighted by atomic mass is 79.9. The van der Waals surface area contributed by atoms with Crippen molar-refractivity contribution >= 4 is 21.9 Å². The highest BCUT2D eigenvalue weighted by Gasteiger charge is 2.24. The van der Waals surface area contributed by atoms with E-state index in [1.54, 1.807) is 13.0 Å². The molecule has 0 spiro atoms. The van der Waals surface area contributed by atoms with Gasteiger partial charge in [0.15, 0.2) is 5.69 Å². The molecule has 0 unspecified atom stereocenters. The molecule has 0 aliphatic rings. The second kappa shape index (κ2) is 5.68. The van der Waals surface area contributed by atoms with Crippen LogP contribution in [0.15, 0.2) is 10.7 Å². The number of alkyl halides is 2. The molecule has 1 heterocycles. The Morgan fingerprint density at radius 2 is 2.35 bits per heavy atom. The Labute approximate surface area is 104 Å². The van der Waals surface area contributed by atoms with E-state index in [1.807, 2.05) is 0 Å². The second-order valence-electron chi connectivity index (χ2n) is 2.88. The van der Waals surface area contributed by atoms with Crippen LogP contribution >= 0.6 is 15.9 Å². The van der Waals surface area contributed by atoms with Gasteiger partial charge in [0, 0.05) is 10.7 Å². The molecule has 17 heavy (non-hydrogen) atoms. The van der Waals surface area contributed by atoms with Crippen molar-refractivity contribution in [1.82, 2.24) is 4.98 Å². The van der Waals surface area contributed by atoms with E-state index in [9.17, 15) is 13.6 Å². The highest BCUT2D eigenvalue weighted by Crippen LogP contribution is 2.31. The van der Waals surface area contributed by atoms with Crippen molar-refractivity contribution < 1.29 is 18.3 Å². The Morgan fingerprint density at radius 3 is 2.82 bits per heavy atom. The van der Waals surface area contributed by atoms with Crippen molar-refractivity contribution in [3.63, 3.8) is 0 Å². The van der Waals surface area contributed by atoms with Crippen molar-refractivity contribution in [2.24, 2.45) is 0 Å². The summed E-state index contributed by atoms with van der Waals surface area (Å²) < 4.78 is 29.7. The maximum absolute atomic E-state index is 12.6. The zero-order chi connectivity index (χ0) is 13.0. The molecule has 1 aromatic heterocycles. The number of ether oxygens (including phenoxy) is 1. The minimum absolute atomic E-state index is 0.0784. The number of rotatable bonds is 3. The number of pyridine rings is 1. The van der Waals surface area contributed by atoms with E-state index < -0.39 is 18.0 Å². The standard InChI is InChI=1S/C10H7BrF2N2O2/c1-2-17-10(16)7-6(3-14)15-4-5(8(7)11)9(12)13/h4,9H,2H2,1H3. The third-order valence-electron chi connectivity index (χ3n) is 1.86. The summed E-state index contributed by atoms with van der Waals surface area (Å²) >= 11 is 2.87. The average molecular weight is 305 g/mol. The number of nitriles is 1. The molecule has 0 bridgehead atoms. The zero-order valence-electron chi connectivity index (χ0n) is 8.71. The molecule has 90 valence electrons. The van der Waals surface area contributed by atoms with E-state index in [4.69, 9.17) is 5.26 Å². The van der Waals surface area contributed by atoms with Gasteiger partial charge in [-0.05, 0) is 22.9 Å². The third kappa shape index (κ3) is 2.77. The monoisotopic (exact) mass is 304 g/mol. The van der Waals surface area contributed by atoms with Gasteiger partial charge in [0.05, 0.1) is 12.2 Å². The van der Waals surface area contributed by atoms with Crippen LogP contribution in [0.4, 0.5) is 8.78 Å². The van der Waals surface area contributed by atoms with Crippen LogP contribution in [0.25, 0.3) is 0 Å². The van der Waals surface area contributed by atoms with E-state index in [1.165, 1.54) is 0 Å². The molecule has 0 aliphatic heterocycles. The molecule has 0 aliphatic carbocycles. The minimum atomic E-state index is -2.79. The molecule has 0 atom stereocenters. The number of hydrogen-bond acceptors (Lipinski definition) is 4. The van der Waals surface area contributed by atoms with Crippen LogP contribution in [-0.2, 0) is 4.74 Å². The quantitative estimate of drug-likeness (QED) is 0.806. The molecule has 1 aromatic rings. The maximum atomic E-state index is 12.6. The van der Waals surface area contributed by atoms with Crippen molar-refractivity contribution in [2.75, 3.05) is 6.61 Å². The molecular formula is C10H7BrF2N2O2. The summed E-state index contributed by atoms with van der Waals surface area (Å²) in [6, 6.07) is 1.66. The van der Waals surface area contributed by atoms with Crippen molar-refractivity contribution in [3.8, 4) is 6.07 Å². The smallest absolute Gasteiger partial charge is 0.342 e. The van der Waals surface area contributed by atoms with Gasteiger partial charge < -0.3 is 4.74 Å². The molecule has 4 nitrogen and oxygen atoms in total. The molecule has 0 amide bonds. The van der Waals surface area contributed by atoms with E-state index in [2.05, 4.69) is 25.7 Å². The van der Waals surface area contributed by atoms with Crippen molar-refractivity contribution in [2.45, 2.75) is 13.3 Å². The minimum Gasteiger partial charge on any atom is -0.462 e. The average Bonchev–Trinajstić information content (AvgIpc) is 2.27. The summed E-state index contributed by atoms with van der Waals surface area (Å²) in [4.78, 5) is 15.0. The predicted octanol–water partition coefficient (Wildman–Crippen LogP) is 2.83. The third-order valence-corrected chi connectivity index (χ3v) is 2.72. The molecule has 0 saturated carbocycles. The number of halogens is 3.